The van der Waals surface area contributed by atoms with Crippen LogP contribution in [0.5, 0.6) is 5.75 Å². The molecular weight excluding hydrogens is 246 g/mol. The standard InChI is InChI=1S/C15H22ClNO/c1-3-12(9-11-7-8-11)17-10-13-14(16)5-4-6-15(13)18-2/h4-6,11-12,17H,3,7-10H2,1-2H3. The molecule has 0 bridgehead atoms. The van der Waals surface area contributed by atoms with Gasteiger partial charge in [-0.05, 0) is 30.9 Å². The first-order valence-corrected chi connectivity index (χ1v) is 7.17. The van der Waals surface area contributed by atoms with Crippen LogP contribution in [-0.4, -0.2) is 13.2 Å². The average Bonchev–Trinajstić information content (AvgIpc) is 3.19. The monoisotopic (exact) mass is 267 g/mol. The summed E-state index contributed by atoms with van der Waals surface area (Å²) in [6.07, 6.45) is 5.29. The zero-order chi connectivity index (χ0) is 13.0. The first-order valence-electron chi connectivity index (χ1n) is 6.79. The SMILES string of the molecule is CCC(CC1CC1)NCc1c(Cl)cccc1OC. The highest BCUT2D eigenvalue weighted by Crippen LogP contribution is 2.34. The van der Waals surface area contributed by atoms with Crippen molar-refractivity contribution >= 4 is 11.6 Å². The molecule has 0 aliphatic heterocycles. The van der Waals surface area contributed by atoms with Gasteiger partial charge in [-0.3, -0.25) is 0 Å². The van der Waals surface area contributed by atoms with Crippen molar-refractivity contribution in [3.8, 4) is 5.75 Å². The summed E-state index contributed by atoms with van der Waals surface area (Å²) < 4.78 is 5.36. The maximum absolute atomic E-state index is 6.23. The molecule has 0 amide bonds. The highest BCUT2D eigenvalue weighted by atomic mass is 35.5. The molecule has 2 rings (SSSR count). The summed E-state index contributed by atoms with van der Waals surface area (Å²) in [7, 11) is 1.69. The molecule has 3 heteroatoms. The first-order chi connectivity index (χ1) is 8.74. The zero-order valence-electron chi connectivity index (χ0n) is 11.2. The Hall–Kier alpha value is -0.730. The highest BCUT2D eigenvalue weighted by molar-refractivity contribution is 6.31. The van der Waals surface area contributed by atoms with Crippen molar-refractivity contribution in [1.29, 1.82) is 0 Å². The van der Waals surface area contributed by atoms with Gasteiger partial charge in [0.1, 0.15) is 5.75 Å². The summed E-state index contributed by atoms with van der Waals surface area (Å²) in [5.41, 5.74) is 1.07. The number of hydrogen-bond acceptors (Lipinski definition) is 2. The lowest BCUT2D eigenvalue weighted by Gasteiger charge is -2.18. The first kappa shape index (κ1) is 13.7. The quantitative estimate of drug-likeness (QED) is 0.806. The fourth-order valence-electron chi connectivity index (χ4n) is 2.30. The van der Waals surface area contributed by atoms with Crippen LogP contribution in [0.1, 0.15) is 38.2 Å². The molecule has 0 aromatic heterocycles. The number of ether oxygens (including phenoxy) is 1. The molecular formula is C15H22ClNO. The molecule has 18 heavy (non-hydrogen) atoms. The highest BCUT2D eigenvalue weighted by Gasteiger charge is 2.24. The van der Waals surface area contributed by atoms with Crippen LogP contribution in [0.4, 0.5) is 0 Å². The minimum atomic E-state index is 0.596. The van der Waals surface area contributed by atoms with Crippen LogP contribution < -0.4 is 10.1 Å². The minimum Gasteiger partial charge on any atom is -0.496 e. The summed E-state index contributed by atoms with van der Waals surface area (Å²) in [5, 5.41) is 4.39. The Morgan fingerprint density at radius 3 is 2.83 bits per heavy atom. The van der Waals surface area contributed by atoms with Crippen molar-refractivity contribution in [2.24, 2.45) is 5.92 Å². The molecule has 1 fully saturated rings. The summed E-state index contributed by atoms with van der Waals surface area (Å²) >= 11 is 6.23. The third kappa shape index (κ3) is 3.63. The molecule has 0 spiro atoms. The smallest absolute Gasteiger partial charge is 0.124 e. The number of nitrogens with one attached hydrogen (secondary N) is 1. The Morgan fingerprint density at radius 2 is 2.22 bits per heavy atom. The lowest BCUT2D eigenvalue weighted by molar-refractivity contribution is 0.399. The van der Waals surface area contributed by atoms with E-state index in [4.69, 9.17) is 16.3 Å². The molecule has 0 saturated heterocycles. The normalized spacial score (nSPS) is 16.6. The van der Waals surface area contributed by atoms with E-state index in [0.29, 0.717) is 6.04 Å². The van der Waals surface area contributed by atoms with Gasteiger partial charge in [-0.15, -0.1) is 0 Å². The topological polar surface area (TPSA) is 21.3 Å². The van der Waals surface area contributed by atoms with Gasteiger partial charge in [-0.1, -0.05) is 37.4 Å². The van der Waals surface area contributed by atoms with Gasteiger partial charge in [0.05, 0.1) is 7.11 Å². The predicted molar refractivity (Wildman–Crippen MR) is 76.3 cm³/mol. The Balaban J connectivity index is 1.95. The predicted octanol–water partition coefficient (Wildman–Crippen LogP) is 4.02. The molecule has 1 aromatic rings. The van der Waals surface area contributed by atoms with Crippen LogP contribution in [-0.2, 0) is 6.54 Å². The van der Waals surface area contributed by atoms with Crippen molar-refractivity contribution in [2.45, 2.75) is 45.2 Å². The van der Waals surface area contributed by atoms with Gasteiger partial charge >= 0.3 is 0 Å². The summed E-state index contributed by atoms with van der Waals surface area (Å²) in [6, 6.07) is 6.40. The molecule has 1 saturated carbocycles. The van der Waals surface area contributed by atoms with Gasteiger partial charge in [0.15, 0.2) is 0 Å². The van der Waals surface area contributed by atoms with Crippen molar-refractivity contribution in [3.05, 3.63) is 28.8 Å². The van der Waals surface area contributed by atoms with E-state index in [1.54, 1.807) is 7.11 Å². The summed E-state index contributed by atoms with van der Waals surface area (Å²) in [5.74, 6) is 1.83. The van der Waals surface area contributed by atoms with Crippen LogP contribution in [0.2, 0.25) is 5.02 Å². The van der Waals surface area contributed by atoms with E-state index in [-0.39, 0.29) is 0 Å². The van der Waals surface area contributed by atoms with Crippen molar-refractivity contribution in [3.63, 3.8) is 0 Å². The maximum atomic E-state index is 6.23. The van der Waals surface area contributed by atoms with Crippen LogP contribution in [0.15, 0.2) is 18.2 Å². The molecule has 2 nitrogen and oxygen atoms in total. The van der Waals surface area contributed by atoms with E-state index in [0.717, 1.165) is 28.8 Å². The lowest BCUT2D eigenvalue weighted by atomic mass is 10.1. The van der Waals surface area contributed by atoms with Gasteiger partial charge < -0.3 is 10.1 Å². The van der Waals surface area contributed by atoms with Crippen LogP contribution in [0.3, 0.4) is 0 Å². The summed E-state index contributed by atoms with van der Waals surface area (Å²) in [6.45, 7) is 3.03. The Bertz CT molecular complexity index is 390. The van der Waals surface area contributed by atoms with Gasteiger partial charge in [-0.2, -0.15) is 0 Å². The molecule has 100 valence electrons. The third-order valence-electron chi connectivity index (χ3n) is 3.67. The van der Waals surface area contributed by atoms with E-state index in [2.05, 4.69) is 12.2 Å². The molecule has 1 unspecified atom stereocenters. The van der Waals surface area contributed by atoms with Crippen molar-refractivity contribution in [1.82, 2.24) is 5.32 Å². The Labute approximate surface area is 115 Å². The molecule has 0 heterocycles. The van der Waals surface area contributed by atoms with Gasteiger partial charge in [-0.25, -0.2) is 0 Å². The van der Waals surface area contributed by atoms with E-state index in [1.165, 1.54) is 25.7 Å². The maximum Gasteiger partial charge on any atom is 0.124 e. The largest absolute Gasteiger partial charge is 0.496 e. The molecule has 1 atom stereocenters. The second kappa shape index (κ2) is 6.44. The van der Waals surface area contributed by atoms with Crippen molar-refractivity contribution < 1.29 is 4.74 Å². The molecule has 1 aromatic carbocycles. The van der Waals surface area contributed by atoms with Gasteiger partial charge in [0, 0.05) is 23.2 Å². The van der Waals surface area contributed by atoms with Crippen molar-refractivity contribution in [2.75, 3.05) is 7.11 Å². The molecule has 1 aliphatic carbocycles. The number of benzene rings is 1. The third-order valence-corrected chi connectivity index (χ3v) is 4.02. The fourth-order valence-corrected chi connectivity index (χ4v) is 2.53. The van der Waals surface area contributed by atoms with Crippen LogP contribution in [0, 0.1) is 5.92 Å². The zero-order valence-corrected chi connectivity index (χ0v) is 12.0. The van der Waals surface area contributed by atoms with E-state index in [9.17, 15) is 0 Å². The van der Waals surface area contributed by atoms with Gasteiger partial charge in [0.2, 0.25) is 0 Å². The fraction of sp³-hybridized carbons (Fsp3) is 0.600. The number of halogens is 1. The Morgan fingerprint density at radius 1 is 1.44 bits per heavy atom. The number of hydrogen-bond donors (Lipinski definition) is 1. The minimum absolute atomic E-state index is 0.596. The molecule has 1 N–H and O–H groups in total. The van der Waals surface area contributed by atoms with E-state index < -0.39 is 0 Å². The lowest BCUT2D eigenvalue weighted by Crippen LogP contribution is -2.28. The average molecular weight is 268 g/mol. The van der Waals surface area contributed by atoms with E-state index in [1.807, 2.05) is 18.2 Å². The van der Waals surface area contributed by atoms with E-state index >= 15 is 0 Å². The molecule has 1 aliphatic rings. The van der Waals surface area contributed by atoms with Crippen LogP contribution >= 0.6 is 11.6 Å². The Kier molecular flexibility index (Phi) is 4.90. The second-order valence-electron chi connectivity index (χ2n) is 5.09. The van der Waals surface area contributed by atoms with Crippen LogP contribution in [0.25, 0.3) is 0 Å². The number of methoxy groups -OCH3 is 1. The summed E-state index contributed by atoms with van der Waals surface area (Å²) in [4.78, 5) is 0. The molecule has 0 radical (unpaired) electrons. The second-order valence-corrected chi connectivity index (χ2v) is 5.49. The van der Waals surface area contributed by atoms with Gasteiger partial charge in [0.25, 0.3) is 0 Å². The number of rotatable bonds is 7.